The summed E-state index contributed by atoms with van der Waals surface area (Å²) in [6.45, 7) is 3.45. The lowest BCUT2D eigenvalue weighted by Gasteiger charge is -2.29. The summed E-state index contributed by atoms with van der Waals surface area (Å²) in [6.07, 6.45) is -2.00. The molecule has 0 spiro atoms. The fourth-order valence-corrected chi connectivity index (χ4v) is 2.79. The van der Waals surface area contributed by atoms with Gasteiger partial charge in [0.2, 0.25) is 5.95 Å². The Bertz CT molecular complexity index is 483. The summed E-state index contributed by atoms with van der Waals surface area (Å²) in [5.74, 6) is -0.598. The molecule has 0 radical (unpaired) electrons. The van der Waals surface area contributed by atoms with Crippen molar-refractivity contribution < 1.29 is 13.2 Å². The largest absolute Gasteiger partial charge is 0.392 e. The molecule has 3 rings (SSSR count). The van der Waals surface area contributed by atoms with Gasteiger partial charge in [-0.3, -0.25) is 0 Å². The molecule has 0 amide bonds. The number of anilines is 1. The van der Waals surface area contributed by atoms with Gasteiger partial charge in [0, 0.05) is 38.1 Å². The van der Waals surface area contributed by atoms with Gasteiger partial charge in [0.1, 0.15) is 0 Å². The van der Waals surface area contributed by atoms with Crippen LogP contribution >= 0.6 is 0 Å². The Morgan fingerprint density at radius 3 is 2.70 bits per heavy atom. The molecule has 1 aromatic rings. The third-order valence-electron chi connectivity index (χ3n) is 4.00. The van der Waals surface area contributed by atoms with Crippen LogP contribution < -0.4 is 10.2 Å². The molecular formula is C13H17F3N4. The topological polar surface area (TPSA) is 41.1 Å². The van der Waals surface area contributed by atoms with E-state index in [2.05, 4.69) is 20.2 Å². The Morgan fingerprint density at radius 2 is 2.00 bits per heavy atom. The zero-order valence-electron chi connectivity index (χ0n) is 11.1. The van der Waals surface area contributed by atoms with Crippen LogP contribution in [0.4, 0.5) is 19.1 Å². The first-order valence-corrected chi connectivity index (χ1v) is 6.91. The first-order chi connectivity index (χ1) is 9.54. The summed E-state index contributed by atoms with van der Waals surface area (Å²) < 4.78 is 38.2. The molecular weight excluding hydrogens is 269 g/mol. The number of hydrogen-bond donors (Lipinski definition) is 1. The molecule has 0 aromatic carbocycles. The van der Waals surface area contributed by atoms with Crippen molar-refractivity contribution in [3.8, 4) is 0 Å². The molecule has 1 saturated heterocycles. The number of nitrogens with one attached hydrogen (secondary N) is 1. The Hall–Kier alpha value is -1.37. The standard InChI is InChI=1S/C13H17F3N4/c14-13(15,16)10-1-2-11-9(7-10)8-18-12(19-11)20-5-3-17-4-6-20/h8,10,17H,1-7H2. The Kier molecular flexibility index (Phi) is 3.54. The van der Waals surface area contributed by atoms with Crippen molar-refractivity contribution in [2.75, 3.05) is 31.1 Å². The van der Waals surface area contributed by atoms with E-state index in [1.54, 1.807) is 6.20 Å². The van der Waals surface area contributed by atoms with Gasteiger partial charge in [0.05, 0.1) is 5.92 Å². The number of halogens is 3. The van der Waals surface area contributed by atoms with Gasteiger partial charge in [0.25, 0.3) is 0 Å². The first kappa shape index (κ1) is 13.6. The van der Waals surface area contributed by atoms with Gasteiger partial charge < -0.3 is 10.2 Å². The van der Waals surface area contributed by atoms with E-state index in [4.69, 9.17) is 0 Å². The van der Waals surface area contributed by atoms with E-state index >= 15 is 0 Å². The lowest BCUT2D eigenvalue weighted by molar-refractivity contribution is -0.177. The normalized spacial score (nSPS) is 23.6. The summed E-state index contributed by atoms with van der Waals surface area (Å²) in [5.41, 5.74) is 1.44. The van der Waals surface area contributed by atoms with Crippen LogP contribution in [-0.4, -0.2) is 42.3 Å². The summed E-state index contributed by atoms with van der Waals surface area (Å²) in [7, 11) is 0. The van der Waals surface area contributed by atoms with Crippen LogP contribution in [0.1, 0.15) is 17.7 Å². The molecule has 1 aliphatic carbocycles. The van der Waals surface area contributed by atoms with Gasteiger partial charge in [-0.1, -0.05) is 0 Å². The molecule has 1 aliphatic heterocycles. The maximum absolute atomic E-state index is 12.7. The van der Waals surface area contributed by atoms with E-state index in [1.807, 2.05) is 0 Å². The van der Waals surface area contributed by atoms with Crippen molar-refractivity contribution in [1.82, 2.24) is 15.3 Å². The molecule has 0 saturated carbocycles. The average Bonchev–Trinajstić information content (AvgIpc) is 2.46. The quantitative estimate of drug-likeness (QED) is 0.850. The minimum Gasteiger partial charge on any atom is -0.338 e. The van der Waals surface area contributed by atoms with Crippen molar-refractivity contribution in [2.45, 2.75) is 25.4 Å². The van der Waals surface area contributed by atoms with Crippen molar-refractivity contribution >= 4 is 5.95 Å². The average molecular weight is 286 g/mol. The SMILES string of the molecule is FC(F)(F)C1CCc2nc(N3CCNCC3)ncc2C1. The number of aromatic nitrogens is 2. The molecule has 1 fully saturated rings. The zero-order chi connectivity index (χ0) is 14.2. The molecule has 2 heterocycles. The molecule has 1 aromatic heterocycles. The van der Waals surface area contributed by atoms with Crippen LogP contribution in [0.25, 0.3) is 0 Å². The lowest BCUT2D eigenvalue weighted by atomic mass is 9.87. The van der Waals surface area contributed by atoms with E-state index in [1.165, 1.54) is 0 Å². The molecule has 4 nitrogen and oxygen atoms in total. The third kappa shape index (κ3) is 2.72. The highest BCUT2D eigenvalue weighted by Gasteiger charge is 2.41. The van der Waals surface area contributed by atoms with E-state index < -0.39 is 12.1 Å². The number of aryl methyl sites for hydroxylation is 1. The van der Waals surface area contributed by atoms with Crippen LogP contribution in [0.15, 0.2) is 6.20 Å². The fourth-order valence-electron chi connectivity index (χ4n) is 2.79. The monoisotopic (exact) mass is 286 g/mol. The van der Waals surface area contributed by atoms with Gasteiger partial charge in [0.15, 0.2) is 0 Å². The van der Waals surface area contributed by atoms with E-state index in [0.29, 0.717) is 17.9 Å². The third-order valence-corrected chi connectivity index (χ3v) is 4.00. The number of alkyl halides is 3. The highest BCUT2D eigenvalue weighted by atomic mass is 19.4. The number of rotatable bonds is 1. The second kappa shape index (κ2) is 5.20. The minimum atomic E-state index is -4.12. The highest BCUT2D eigenvalue weighted by molar-refractivity contribution is 5.35. The molecule has 2 aliphatic rings. The number of fused-ring (bicyclic) bond motifs is 1. The molecule has 1 unspecified atom stereocenters. The first-order valence-electron chi connectivity index (χ1n) is 6.91. The molecule has 7 heteroatoms. The Morgan fingerprint density at radius 1 is 1.25 bits per heavy atom. The zero-order valence-corrected chi connectivity index (χ0v) is 11.1. The Balaban J connectivity index is 1.78. The molecule has 110 valence electrons. The second-order valence-corrected chi connectivity index (χ2v) is 5.36. The van der Waals surface area contributed by atoms with Crippen LogP contribution in [-0.2, 0) is 12.8 Å². The number of nitrogens with zero attached hydrogens (tertiary/aromatic N) is 3. The van der Waals surface area contributed by atoms with Gasteiger partial charge in [-0.05, 0) is 24.8 Å². The van der Waals surface area contributed by atoms with Crippen LogP contribution in [0.5, 0.6) is 0 Å². The fraction of sp³-hybridized carbons (Fsp3) is 0.692. The Labute approximate surface area is 115 Å². The van der Waals surface area contributed by atoms with Crippen molar-refractivity contribution in [1.29, 1.82) is 0 Å². The minimum absolute atomic E-state index is 0.0146. The summed E-state index contributed by atoms with van der Waals surface area (Å²) in [4.78, 5) is 10.8. The van der Waals surface area contributed by atoms with Crippen molar-refractivity contribution in [3.63, 3.8) is 0 Å². The highest BCUT2D eigenvalue weighted by Crippen LogP contribution is 2.36. The lowest BCUT2D eigenvalue weighted by Crippen LogP contribution is -2.44. The van der Waals surface area contributed by atoms with Crippen LogP contribution in [0.2, 0.25) is 0 Å². The van der Waals surface area contributed by atoms with Crippen LogP contribution in [0, 0.1) is 5.92 Å². The van der Waals surface area contributed by atoms with Crippen LogP contribution in [0.3, 0.4) is 0 Å². The van der Waals surface area contributed by atoms with Gasteiger partial charge in [-0.2, -0.15) is 13.2 Å². The smallest absolute Gasteiger partial charge is 0.338 e. The molecule has 1 atom stereocenters. The molecule has 0 bridgehead atoms. The molecule has 20 heavy (non-hydrogen) atoms. The summed E-state index contributed by atoms with van der Waals surface area (Å²) in [5, 5.41) is 3.25. The van der Waals surface area contributed by atoms with Gasteiger partial charge in [-0.25, -0.2) is 9.97 Å². The van der Waals surface area contributed by atoms with E-state index in [0.717, 1.165) is 31.9 Å². The summed E-state index contributed by atoms with van der Waals surface area (Å²) in [6, 6.07) is 0. The van der Waals surface area contributed by atoms with E-state index in [-0.39, 0.29) is 12.8 Å². The predicted octanol–water partition coefficient (Wildman–Crippen LogP) is 1.55. The molecule has 1 N–H and O–H groups in total. The number of piperazine rings is 1. The summed E-state index contributed by atoms with van der Waals surface area (Å²) >= 11 is 0. The van der Waals surface area contributed by atoms with Gasteiger partial charge in [-0.15, -0.1) is 0 Å². The van der Waals surface area contributed by atoms with Crippen molar-refractivity contribution in [2.24, 2.45) is 5.92 Å². The second-order valence-electron chi connectivity index (χ2n) is 5.36. The van der Waals surface area contributed by atoms with Gasteiger partial charge >= 0.3 is 6.18 Å². The maximum atomic E-state index is 12.7. The predicted molar refractivity (Wildman–Crippen MR) is 68.7 cm³/mol. The number of hydrogen-bond acceptors (Lipinski definition) is 4. The van der Waals surface area contributed by atoms with Crippen molar-refractivity contribution in [3.05, 3.63) is 17.5 Å². The van der Waals surface area contributed by atoms with E-state index in [9.17, 15) is 13.2 Å². The maximum Gasteiger partial charge on any atom is 0.392 e.